The molecule has 3 N–H and O–H groups in total. The van der Waals surface area contributed by atoms with Gasteiger partial charge in [0.15, 0.2) is 0 Å². The average molecular weight is 273 g/mol. The van der Waals surface area contributed by atoms with Crippen LogP contribution in [0.15, 0.2) is 0 Å². The molecule has 2 amide bonds. The van der Waals surface area contributed by atoms with Crippen LogP contribution in [-0.2, 0) is 14.3 Å². The molecule has 0 heterocycles. The van der Waals surface area contributed by atoms with Crippen LogP contribution >= 0.6 is 0 Å². The van der Waals surface area contributed by atoms with E-state index in [4.69, 9.17) is 4.74 Å². The predicted molar refractivity (Wildman–Crippen MR) is 74.9 cm³/mol. The molecular weight excluding hydrogens is 246 g/mol. The maximum absolute atomic E-state index is 11.9. The standard InChI is InChI=1S/C13H27N3O3/c1-6-13(3,4)16-12(18)10(2)15-9-11(17)14-7-8-19-5/h10,15H,6-9H2,1-5H3,(H,14,17)(H,16,18). The van der Waals surface area contributed by atoms with Crippen LogP contribution in [0.3, 0.4) is 0 Å². The summed E-state index contributed by atoms with van der Waals surface area (Å²) in [4.78, 5) is 23.3. The second-order valence-corrected chi connectivity index (χ2v) is 5.17. The molecule has 0 radical (unpaired) electrons. The Morgan fingerprint density at radius 2 is 1.95 bits per heavy atom. The Labute approximate surface area is 115 Å². The van der Waals surface area contributed by atoms with E-state index in [0.29, 0.717) is 13.2 Å². The molecule has 0 saturated heterocycles. The largest absolute Gasteiger partial charge is 0.383 e. The van der Waals surface area contributed by atoms with Crippen LogP contribution in [0.2, 0.25) is 0 Å². The van der Waals surface area contributed by atoms with Gasteiger partial charge in [0.05, 0.1) is 19.2 Å². The van der Waals surface area contributed by atoms with Crippen molar-refractivity contribution in [2.45, 2.75) is 45.7 Å². The van der Waals surface area contributed by atoms with E-state index >= 15 is 0 Å². The maximum Gasteiger partial charge on any atom is 0.237 e. The minimum Gasteiger partial charge on any atom is -0.383 e. The Balaban J connectivity index is 3.93. The fraction of sp³-hybridized carbons (Fsp3) is 0.846. The second-order valence-electron chi connectivity index (χ2n) is 5.17. The minimum absolute atomic E-state index is 0.100. The molecule has 0 aromatic carbocycles. The lowest BCUT2D eigenvalue weighted by molar-refractivity contribution is -0.124. The Morgan fingerprint density at radius 1 is 1.32 bits per heavy atom. The van der Waals surface area contributed by atoms with Crippen LogP contribution < -0.4 is 16.0 Å². The van der Waals surface area contributed by atoms with Crippen molar-refractivity contribution >= 4 is 11.8 Å². The van der Waals surface area contributed by atoms with Gasteiger partial charge in [-0.2, -0.15) is 0 Å². The number of ether oxygens (including phenoxy) is 1. The van der Waals surface area contributed by atoms with E-state index < -0.39 is 6.04 Å². The summed E-state index contributed by atoms with van der Waals surface area (Å²) in [6.45, 7) is 8.76. The van der Waals surface area contributed by atoms with Gasteiger partial charge in [-0.1, -0.05) is 6.92 Å². The molecule has 0 bridgehead atoms. The Morgan fingerprint density at radius 3 is 2.47 bits per heavy atom. The fourth-order valence-corrected chi connectivity index (χ4v) is 1.22. The third-order valence-corrected chi connectivity index (χ3v) is 2.94. The van der Waals surface area contributed by atoms with Crippen molar-refractivity contribution in [3.8, 4) is 0 Å². The van der Waals surface area contributed by atoms with Crippen molar-refractivity contribution in [3.63, 3.8) is 0 Å². The summed E-state index contributed by atoms with van der Waals surface area (Å²) in [5.74, 6) is -0.247. The lowest BCUT2D eigenvalue weighted by Crippen LogP contribution is -2.52. The topological polar surface area (TPSA) is 79.5 Å². The van der Waals surface area contributed by atoms with Gasteiger partial charge < -0.3 is 15.4 Å². The SMILES string of the molecule is CCC(C)(C)NC(=O)C(C)NCC(=O)NCCOC. The zero-order chi connectivity index (χ0) is 14.9. The molecule has 0 aromatic rings. The van der Waals surface area contributed by atoms with Crippen molar-refractivity contribution in [1.82, 2.24) is 16.0 Å². The number of hydrogen-bond acceptors (Lipinski definition) is 4. The normalized spacial score (nSPS) is 12.9. The number of amides is 2. The highest BCUT2D eigenvalue weighted by atomic mass is 16.5. The van der Waals surface area contributed by atoms with Crippen LogP contribution in [-0.4, -0.2) is 50.2 Å². The molecule has 0 aliphatic rings. The maximum atomic E-state index is 11.9. The summed E-state index contributed by atoms with van der Waals surface area (Å²) in [6.07, 6.45) is 0.850. The fourth-order valence-electron chi connectivity index (χ4n) is 1.22. The summed E-state index contributed by atoms with van der Waals surface area (Å²) in [5, 5.41) is 8.50. The highest BCUT2D eigenvalue weighted by Gasteiger charge is 2.21. The van der Waals surface area contributed by atoms with Gasteiger partial charge in [-0.15, -0.1) is 0 Å². The van der Waals surface area contributed by atoms with E-state index in [-0.39, 0.29) is 23.9 Å². The van der Waals surface area contributed by atoms with Crippen molar-refractivity contribution in [2.24, 2.45) is 0 Å². The van der Waals surface area contributed by atoms with E-state index in [1.54, 1.807) is 14.0 Å². The summed E-state index contributed by atoms with van der Waals surface area (Å²) < 4.78 is 4.82. The predicted octanol–water partition coefficient (Wildman–Crippen LogP) is 0.0319. The van der Waals surface area contributed by atoms with Gasteiger partial charge in [0.25, 0.3) is 0 Å². The molecule has 1 atom stereocenters. The van der Waals surface area contributed by atoms with E-state index in [0.717, 1.165) is 6.42 Å². The first-order valence-corrected chi connectivity index (χ1v) is 6.63. The molecule has 0 aliphatic heterocycles. The van der Waals surface area contributed by atoms with E-state index in [1.165, 1.54) is 0 Å². The number of nitrogens with one attached hydrogen (secondary N) is 3. The number of rotatable bonds is 9. The first-order valence-electron chi connectivity index (χ1n) is 6.63. The van der Waals surface area contributed by atoms with E-state index in [1.807, 2.05) is 20.8 Å². The lowest BCUT2D eigenvalue weighted by Gasteiger charge is -2.26. The number of carbonyl (C=O) groups is 2. The van der Waals surface area contributed by atoms with Gasteiger partial charge in [-0.05, 0) is 27.2 Å². The van der Waals surface area contributed by atoms with Gasteiger partial charge >= 0.3 is 0 Å². The minimum atomic E-state index is -0.404. The third kappa shape index (κ3) is 8.56. The lowest BCUT2D eigenvalue weighted by atomic mass is 10.0. The van der Waals surface area contributed by atoms with Crippen LogP contribution in [0.5, 0.6) is 0 Å². The first kappa shape index (κ1) is 17.9. The molecule has 0 fully saturated rings. The number of carbonyl (C=O) groups excluding carboxylic acids is 2. The van der Waals surface area contributed by atoms with Gasteiger partial charge in [0, 0.05) is 19.2 Å². The molecular formula is C13H27N3O3. The zero-order valence-corrected chi connectivity index (χ0v) is 12.6. The Kier molecular flexibility index (Phi) is 8.34. The smallest absolute Gasteiger partial charge is 0.237 e. The first-order chi connectivity index (χ1) is 8.82. The Bertz CT molecular complexity index is 293. The molecule has 0 saturated carbocycles. The molecule has 112 valence electrons. The number of hydrogen-bond donors (Lipinski definition) is 3. The Hall–Kier alpha value is -1.14. The van der Waals surface area contributed by atoms with Crippen molar-refractivity contribution in [1.29, 1.82) is 0 Å². The second kappa shape index (κ2) is 8.87. The van der Waals surface area contributed by atoms with Gasteiger partial charge in [-0.3, -0.25) is 14.9 Å². The molecule has 6 nitrogen and oxygen atoms in total. The molecule has 0 aliphatic carbocycles. The van der Waals surface area contributed by atoms with Gasteiger partial charge in [0.1, 0.15) is 0 Å². The van der Waals surface area contributed by atoms with Crippen LogP contribution in [0.1, 0.15) is 34.1 Å². The quantitative estimate of drug-likeness (QED) is 0.518. The average Bonchev–Trinajstić information content (AvgIpc) is 2.35. The summed E-state index contributed by atoms with van der Waals surface area (Å²) in [5.41, 5.74) is -0.228. The van der Waals surface area contributed by atoms with E-state index in [9.17, 15) is 9.59 Å². The summed E-state index contributed by atoms with van der Waals surface area (Å²) in [7, 11) is 1.58. The molecule has 0 aromatic heterocycles. The summed E-state index contributed by atoms with van der Waals surface area (Å²) in [6, 6.07) is -0.404. The third-order valence-electron chi connectivity index (χ3n) is 2.94. The van der Waals surface area contributed by atoms with Gasteiger partial charge in [0.2, 0.25) is 11.8 Å². The molecule has 6 heteroatoms. The van der Waals surface area contributed by atoms with Gasteiger partial charge in [-0.25, -0.2) is 0 Å². The van der Waals surface area contributed by atoms with Crippen LogP contribution in [0, 0.1) is 0 Å². The monoisotopic (exact) mass is 273 g/mol. The summed E-state index contributed by atoms with van der Waals surface area (Å²) >= 11 is 0. The van der Waals surface area contributed by atoms with Crippen LogP contribution in [0.4, 0.5) is 0 Å². The van der Waals surface area contributed by atoms with Crippen molar-refractivity contribution in [2.75, 3.05) is 26.8 Å². The van der Waals surface area contributed by atoms with Crippen molar-refractivity contribution < 1.29 is 14.3 Å². The number of methoxy groups -OCH3 is 1. The molecule has 19 heavy (non-hydrogen) atoms. The molecule has 0 rings (SSSR count). The zero-order valence-electron chi connectivity index (χ0n) is 12.6. The van der Waals surface area contributed by atoms with E-state index in [2.05, 4.69) is 16.0 Å². The van der Waals surface area contributed by atoms with Crippen molar-refractivity contribution in [3.05, 3.63) is 0 Å². The highest BCUT2D eigenvalue weighted by Crippen LogP contribution is 2.06. The van der Waals surface area contributed by atoms with Crippen LogP contribution in [0.25, 0.3) is 0 Å². The highest BCUT2D eigenvalue weighted by molar-refractivity contribution is 5.83. The molecule has 0 spiro atoms. The molecule has 1 unspecified atom stereocenters.